The molecule has 1 aromatic heterocycles. The SMILES string of the molecule is CCOC(=O)[C@@H]1C(=N)Oc2c(c(=O)oc3ccccc23)[C@@H]1c1ccc(Br)cc1. The first-order valence-corrected chi connectivity index (χ1v) is 9.54. The van der Waals surface area contributed by atoms with Gasteiger partial charge in [-0.05, 0) is 36.8 Å². The van der Waals surface area contributed by atoms with E-state index < -0.39 is 23.4 Å². The van der Waals surface area contributed by atoms with Gasteiger partial charge in [-0.15, -0.1) is 0 Å². The highest BCUT2D eigenvalue weighted by molar-refractivity contribution is 9.10. The van der Waals surface area contributed by atoms with Crippen LogP contribution in [-0.2, 0) is 9.53 Å². The Bertz CT molecular complexity index is 1140. The molecule has 28 heavy (non-hydrogen) atoms. The standard InChI is InChI=1S/C21H16BrNO5/c1-2-26-20(24)17-15(11-7-9-12(22)10-8-11)16-18(28-19(17)23)13-5-3-4-6-14(13)27-21(16)25/h3-10,15,17,23H,2H2,1H3/t15-,17-/m0/s1. The second kappa shape index (κ2) is 7.24. The highest BCUT2D eigenvalue weighted by atomic mass is 79.9. The van der Waals surface area contributed by atoms with E-state index in [2.05, 4.69) is 15.9 Å². The van der Waals surface area contributed by atoms with Crippen molar-refractivity contribution >= 4 is 38.8 Å². The number of hydrogen-bond donors (Lipinski definition) is 1. The molecule has 7 heteroatoms. The molecule has 1 N–H and O–H groups in total. The Labute approximate surface area is 168 Å². The first-order valence-electron chi connectivity index (χ1n) is 8.75. The molecule has 0 spiro atoms. The lowest BCUT2D eigenvalue weighted by atomic mass is 9.78. The van der Waals surface area contributed by atoms with Gasteiger partial charge in [-0.3, -0.25) is 10.2 Å². The molecular formula is C21H16BrNO5. The van der Waals surface area contributed by atoms with E-state index in [9.17, 15) is 9.59 Å². The summed E-state index contributed by atoms with van der Waals surface area (Å²) in [6.45, 7) is 1.85. The van der Waals surface area contributed by atoms with Gasteiger partial charge in [0.2, 0.25) is 5.90 Å². The molecular weight excluding hydrogens is 426 g/mol. The summed E-state index contributed by atoms with van der Waals surface area (Å²) in [7, 11) is 0. The summed E-state index contributed by atoms with van der Waals surface area (Å²) < 4.78 is 17.2. The topological polar surface area (TPSA) is 89.6 Å². The van der Waals surface area contributed by atoms with Crippen molar-refractivity contribution in [3.63, 3.8) is 0 Å². The molecule has 4 rings (SSSR count). The molecule has 0 aliphatic carbocycles. The van der Waals surface area contributed by atoms with Crippen LogP contribution >= 0.6 is 15.9 Å². The van der Waals surface area contributed by atoms with Gasteiger partial charge in [0.05, 0.1) is 17.6 Å². The van der Waals surface area contributed by atoms with Crippen LogP contribution in [0.4, 0.5) is 0 Å². The zero-order valence-corrected chi connectivity index (χ0v) is 16.5. The van der Waals surface area contributed by atoms with Gasteiger partial charge in [0, 0.05) is 10.4 Å². The molecule has 2 heterocycles. The molecule has 0 unspecified atom stereocenters. The average molecular weight is 442 g/mol. The second-order valence-corrected chi connectivity index (χ2v) is 7.27. The van der Waals surface area contributed by atoms with Gasteiger partial charge in [0.1, 0.15) is 11.5 Å². The van der Waals surface area contributed by atoms with Crippen LogP contribution in [0.15, 0.2) is 62.2 Å². The Morgan fingerprint density at radius 1 is 1.18 bits per heavy atom. The fourth-order valence-corrected chi connectivity index (χ4v) is 3.77. The van der Waals surface area contributed by atoms with Gasteiger partial charge in [-0.1, -0.05) is 40.2 Å². The quantitative estimate of drug-likeness (QED) is 0.484. The van der Waals surface area contributed by atoms with Gasteiger partial charge < -0.3 is 13.9 Å². The maximum atomic E-state index is 12.9. The Hall–Kier alpha value is -2.93. The molecule has 0 amide bonds. The van der Waals surface area contributed by atoms with Crippen LogP contribution in [0, 0.1) is 11.3 Å². The molecule has 1 aliphatic heterocycles. The summed E-state index contributed by atoms with van der Waals surface area (Å²) in [6.07, 6.45) is 0. The molecule has 2 aromatic carbocycles. The van der Waals surface area contributed by atoms with E-state index in [1.54, 1.807) is 43.3 Å². The molecule has 0 bridgehead atoms. The van der Waals surface area contributed by atoms with Crippen molar-refractivity contribution in [3.05, 3.63) is 74.6 Å². The third-order valence-electron chi connectivity index (χ3n) is 4.71. The first-order chi connectivity index (χ1) is 13.5. The van der Waals surface area contributed by atoms with Crippen LogP contribution in [0.5, 0.6) is 5.75 Å². The fraction of sp³-hybridized carbons (Fsp3) is 0.190. The summed E-state index contributed by atoms with van der Waals surface area (Å²) in [4.78, 5) is 25.5. The van der Waals surface area contributed by atoms with E-state index in [0.29, 0.717) is 16.5 Å². The minimum Gasteiger partial charge on any atom is -0.465 e. The van der Waals surface area contributed by atoms with Gasteiger partial charge in [-0.2, -0.15) is 0 Å². The second-order valence-electron chi connectivity index (χ2n) is 6.35. The maximum Gasteiger partial charge on any atom is 0.343 e. The highest BCUT2D eigenvalue weighted by Gasteiger charge is 2.45. The summed E-state index contributed by atoms with van der Waals surface area (Å²) in [5, 5.41) is 8.96. The van der Waals surface area contributed by atoms with Crippen LogP contribution in [0.2, 0.25) is 0 Å². The minimum atomic E-state index is -1.07. The predicted molar refractivity (Wildman–Crippen MR) is 107 cm³/mol. The van der Waals surface area contributed by atoms with E-state index in [-0.39, 0.29) is 23.8 Å². The fourth-order valence-electron chi connectivity index (χ4n) is 3.51. The Morgan fingerprint density at radius 2 is 1.89 bits per heavy atom. The molecule has 142 valence electrons. The number of carbonyl (C=O) groups excluding carboxylic acids is 1. The third-order valence-corrected chi connectivity index (χ3v) is 5.24. The Morgan fingerprint density at radius 3 is 2.61 bits per heavy atom. The van der Waals surface area contributed by atoms with E-state index in [0.717, 1.165) is 4.47 Å². The van der Waals surface area contributed by atoms with Crippen LogP contribution in [0.3, 0.4) is 0 Å². The molecule has 0 saturated carbocycles. The van der Waals surface area contributed by atoms with Gasteiger partial charge in [0.15, 0.2) is 5.75 Å². The van der Waals surface area contributed by atoms with Crippen molar-refractivity contribution in [2.45, 2.75) is 12.8 Å². The van der Waals surface area contributed by atoms with Crippen LogP contribution in [0.25, 0.3) is 11.0 Å². The Kier molecular flexibility index (Phi) is 4.77. The summed E-state index contributed by atoms with van der Waals surface area (Å²) in [5.41, 5.74) is 0.680. The van der Waals surface area contributed by atoms with Crippen molar-refractivity contribution in [2.75, 3.05) is 6.61 Å². The smallest absolute Gasteiger partial charge is 0.343 e. The maximum absolute atomic E-state index is 12.9. The van der Waals surface area contributed by atoms with Gasteiger partial charge in [0.25, 0.3) is 0 Å². The zero-order chi connectivity index (χ0) is 19.8. The zero-order valence-electron chi connectivity index (χ0n) is 14.9. The molecule has 3 aromatic rings. The van der Waals surface area contributed by atoms with Crippen LogP contribution in [0.1, 0.15) is 24.0 Å². The van der Waals surface area contributed by atoms with Crippen molar-refractivity contribution in [1.82, 2.24) is 0 Å². The minimum absolute atomic E-state index is 0.162. The summed E-state index contributed by atoms with van der Waals surface area (Å²) >= 11 is 3.39. The number of carbonyl (C=O) groups is 1. The van der Waals surface area contributed by atoms with Gasteiger partial charge >= 0.3 is 11.6 Å². The van der Waals surface area contributed by atoms with Crippen molar-refractivity contribution < 1.29 is 18.7 Å². The number of fused-ring (bicyclic) bond motifs is 3. The lowest BCUT2D eigenvalue weighted by Crippen LogP contribution is -2.40. The summed E-state index contributed by atoms with van der Waals surface area (Å²) in [6, 6.07) is 14.2. The number of rotatable bonds is 3. The normalized spacial score (nSPS) is 18.4. The van der Waals surface area contributed by atoms with Crippen molar-refractivity contribution in [3.8, 4) is 5.75 Å². The van der Waals surface area contributed by atoms with E-state index in [4.69, 9.17) is 19.3 Å². The van der Waals surface area contributed by atoms with Crippen LogP contribution < -0.4 is 10.4 Å². The molecule has 0 fully saturated rings. The number of ether oxygens (including phenoxy) is 2. The van der Waals surface area contributed by atoms with Crippen LogP contribution in [-0.4, -0.2) is 18.5 Å². The van der Waals surface area contributed by atoms with Crippen molar-refractivity contribution in [1.29, 1.82) is 5.41 Å². The molecule has 2 atom stereocenters. The highest BCUT2D eigenvalue weighted by Crippen LogP contribution is 2.44. The monoisotopic (exact) mass is 441 g/mol. The molecule has 0 saturated heterocycles. The molecule has 1 aliphatic rings. The number of halogens is 1. The molecule has 6 nitrogen and oxygen atoms in total. The first kappa shape index (κ1) is 18.4. The lowest BCUT2D eigenvalue weighted by Gasteiger charge is -2.32. The number of esters is 1. The average Bonchev–Trinajstić information content (AvgIpc) is 2.68. The third kappa shape index (κ3) is 3.01. The van der Waals surface area contributed by atoms with E-state index in [1.165, 1.54) is 0 Å². The molecule has 0 radical (unpaired) electrons. The predicted octanol–water partition coefficient (Wildman–Crippen LogP) is 4.24. The number of para-hydroxylation sites is 1. The lowest BCUT2D eigenvalue weighted by molar-refractivity contribution is -0.146. The number of nitrogens with one attached hydrogen (secondary N) is 1. The Balaban J connectivity index is 2.01. The largest absolute Gasteiger partial charge is 0.465 e. The number of hydrogen-bond acceptors (Lipinski definition) is 6. The van der Waals surface area contributed by atoms with Crippen molar-refractivity contribution in [2.24, 2.45) is 5.92 Å². The summed E-state index contributed by atoms with van der Waals surface area (Å²) in [5.74, 6) is -2.43. The van der Waals surface area contributed by atoms with E-state index >= 15 is 0 Å². The van der Waals surface area contributed by atoms with E-state index in [1.807, 2.05) is 12.1 Å². The number of benzene rings is 2. The van der Waals surface area contributed by atoms with Gasteiger partial charge in [-0.25, -0.2) is 4.79 Å².